The maximum atomic E-state index is 9.91. The minimum absolute atomic E-state index is 0.185. The number of aryl methyl sites for hydroxylation is 1. The average Bonchev–Trinajstić information content (AvgIpc) is 2.38. The van der Waals surface area contributed by atoms with Crippen LogP contribution in [0, 0.1) is 0 Å². The van der Waals surface area contributed by atoms with Crippen LogP contribution >= 0.6 is 0 Å². The fourth-order valence-corrected chi connectivity index (χ4v) is 2.33. The zero-order valence-electron chi connectivity index (χ0n) is 12.5. The number of hydrogen-bond donors (Lipinski definition) is 2. The van der Waals surface area contributed by atoms with Crippen molar-refractivity contribution in [2.45, 2.75) is 58.6 Å². The molecule has 3 unspecified atom stereocenters. The molecule has 0 heterocycles. The third-order valence-electron chi connectivity index (χ3n) is 3.54. The highest BCUT2D eigenvalue weighted by molar-refractivity contribution is 5.37. The smallest absolute Gasteiger partial charge is 0.119 e. The molecule has 0 bridgehead atoms. The molecule has 1 rings (SSSR count). The minimum Gasteiger partial charge on any atom is -0.494 e. The molecule has 108 valence electrons. The molecule has 0 fully saturated rings. The molecule has 1 aromatic rings. The van der Waals surface area contributed by atoms with E-state index in [9.17, 15) is 5.11 Å². The van der Waals surface area contributed by atoms with Gasteiger partial charge in [-0.15, -0.1) is 0 Å². The molecule has 0 aromatic heterocycles. The Morgan fingerprint density at radius 1 is 1.26 bits per heavy atom. The molecule has 3 N–H and O–H groups in total. The number of aliphatic hydroxyl groups excluding tert-OH is 1. The highest BCUT2D eigenvalue weighted by Crippen LogP contribution is 2.28. The first kappa shape index (κ1) is 16.0. The Morgan fingerprint density at radius 2 is 1.95 bits per heavy atom. The lowest BCUT2D eigenvalue weighted by Crippen LogP contribution is -2.32. The number of aliphatic hydroxyl groups is 1. The van der Waals surface area contributed by atoms with Crippen molar-refractivity contribution in [1.29, 1.82) is 0 Å². The Labute approximate surface area is 116 Å². The van der Waals surface area contributed by atoms with Crippen molar-refractivity contribution >= 4 is 0 Å². The van der Waals surface area contributed by atoms with Crippen LogP contribution in [0.15, 0.2) is 18.2 Å². The number of ether oxygens (including phenoxy) is 1. The second-order valence-corrected chi connectivity index (χ2v) is 5.21. The lowest BCUT2D eigenvalue weighted by atomic mass is 9.89. The van der Waals surface area contributed by atoms with E-state index in [1.807, 2.05) is 19.9 Å². The average molecular weight is 265 g/mol. The lowest BCUT2D eigenvalue weighted by Gasteiger charge is -2.22. The SMILES string of the molecule is CCOc1ccc(C(C)CC(O)C(C)N)c(CC)c1. The van der Waals surface area contributed by atoms with Crippen molar-refractivity contribution in [3.8, 4) is 5.75 Å². The molecule has 0 aliphatic carbocycles. The van der Waals surface area contributed by atoms with E-state index in [4.69, 9.17) is 10.5 Å². The molecule has 3 heteroatoms. The summed E-state index contributed by atoms with van der Waals surface area (Å²) in [5.41, 5.74) is 8.30. The van der Waals surface area contributed by atoms with Crippen LogP contribution in [0.1, 0.15) is 51.2 Å². The van der Waals surface area contributed by atoms with Crippen LogP contribution in [0.25, 0.3) is 0 Å². The van der Waals surface area contributed by atoms with Gasteiger partial charge in [0.15, 0.2) is 0 Å². The number of rotatable bonds is 7. The molecule has 0 amide bonds. The molecule has 0 aliphatic heterocycles. The summed E-state index contributed by atoms with van der Waals surface area (Å²) in [7, 11) is 0. The maximum Gasteiger partial charge on any atom is 0.119 e. The van der Waals surface area contributed by atoms with Crippen LogP contribution in [0.4, 0.5) is 0 Å². The van der Waals surface area contributed by atoms with E-state index >= 15 is 0 Å². The highest BCUT2D eigenvalue weighted by Gasteiger charge is 2.17. The van der Waals surface area contributed by atoms with E-state index in [0.29, 0.717) is 18.9 Å². The Balaban J connectivity index is 2.86. The van der Waals surface area contributed by atoms with E-state index in [1.54, 1.807) is 0 Å². The van der Waals surface area contributed by atoms with Gasteiger partial charge in [0.25, 0.3) is 0 Å². The van der Waals surface area contributed by atoms with E-state index in [1.165, 1.54) is 11.1 Å². The van der Waals surface area contributed by atoms with Gasteiger partial charge in [-0.1, -0.05) is 19.9 Å². The fraction of sp³-hybridized carbons (Fsp3) is 0.625. The molecule has 3 atom stereocenters. The van der Waals surface area contributed by atoms with Crippen molar-refractivity contribution in [2.75, 3.05) is 6.61 Å². The number of hydrogen-bond acceptors (Lipinski definition) is 3. The molecule has 0 aliphatic rings. The predicted molar refractivity (Wildman–Crippen MR) is 79.7 cm³/mol. The van der Waals surface area contributed by atoms with Crippen LogP contribution in [-0.4, -0.2) is 23.9 Å². The van der Waals surface area contributed by atoms with Crippen molar-refractivity contribution in [3.63, 3.8) is 0 Å². The van der Waals surface area contributed by atoms with Crippen molar-refractivity contribution in [3.05, 3.63) is 29.3 Å². The molecule has 0 saturated heterocycles. The summed E-state index contributed by atoms with van der Waals surface area (Å²) >= 11 is 0. The molecule has 0 radical (unpaired) electrons. The summed E-state index contributed by atoms with van der Waals surface area (Å²) in [6.07, 6.45) is 1.21. The first-order valence-corrected chi connectivity index (χ1v) is 7.18. The lowest BCUT2D eigenvalue weighted by molar-refractivity contribution is 0.134. The van der Waals surface area contributed by atoms with Crippen LogP contribution in [0.5, 0.6) is 5.75 Å². The Kier molecular flexibility index (Phi) is 6.32. The van der Waals surface area contributed by atoms with Crippen molar-refractivity contribution in [2.24, 2.45) is 5.73 Å². The van der Waals surface area contributed by atoms with E-state index in [0.717, 1.165) is 12.2 Å². The standard InChI is InChI=1S/C16H27NO2/c1-5-13-10-14(19-6-2)7-8-15(13)11(3)9-16(18)12(4)17/h7-8,10-12,16,18H,5-6,9,17H2,1-4H3. The minimum atomic E-state index is -0.453. The number of benzene rings is 1. The normalized spacial score (nSPS) is 15.9. The molecular formula is C16H27NO2. The van der Waals surface area contributed by atoms with Gasteiger partial charge in [-0.05, 0) is 55.9 Å². The second kappa shape index (κ2) is 7.51. The van der Waals surface area contributed by atoms with E-state index < -0.39 is 6.10 Å². The zero-order chi connectivity index (χ0) is 14.4. The van der Waals surface area contributed by atoms with Gasteiger partial charge in [-0.25, -0.2) is 0 Å². The summed E-state index contributed by atoms with van der Waals surface area (Å²) in [6, 6.07) is 6.04. The van der Waals surface area contributed by atoms with E-state index in [2.05, 4.69) is 26.0 Å². The Hall–Kier alpha value is -1.06. The van der Waals surface area contributed by atoms with Crippen LogP contribution < -0.4 is 10.5 Å². The van der Waals surface area contributed by atoms with Crippen LogP contribution in [0.3, 0.4) is 0 Å². The first-order chi connectivity index (χ1) is 8.99. The topological polar surface area (TPSA) is 55.5 Å². The summed E-state index contributed by atoms with van der Waals surface area (Å²) < 4.78 is 5.53. The number of nitrogens with two attached hydrogens (primary N) is 1. The predicted octanol–water partition coefficient (Wildman–Crippen LogP) is 2.85. The third-order valence-corrected chi connectivity index (χ3v) is 3.54. The third kappa shape index (κ3) is 4.51. The summed E-state index contributed by atoms with van der Waals surface area (Å²) in [6.45, 7) is 8.79. The van der Waals surface area contributed by atoms with Crippen LogP contribution in [-0.2, 0) is 6.42 Å². The zero-order valence-corrected chi connectivity index (χ0v) is 12.5. The Morgan fingerprint density at radius 3 is 2.47 bits per heavy atom. The van der Waals surface area contributed by atoms with Gasteiger partial charge < -0.3 is 15.6 Å². The van der Waals surface area contributed by atoms with Gasteiger partial charge in [0, 0.05) is 6.04 Å². The maximum absolute atomic E-state index is 9.91. The summed E-state index contributed by atoms with van der Waals surface area (Å²) in [4.78, 5) is 0. The van der Waals surface area contributed by atoms with Gasteiger partial charge in [0.05, 0.1) is 12.7 Å². The largest absolute Gasteiger partial charge is 0.494 e. The highest BCUT2D eigenvalue weighted by atomic mass is 16.5. The molecule has 0 saturated carbocycles. The van der Waals surface area contributed by atoms with Gasteiger partial charge in [0.1, 0.15) is 5.75 Å². The van der Waals surface area contributed by atoms with Crippen molar-refractivity contribution in [1.82, 2.24) is 0 Å². The monoisotopic (exact) mass is 265 g/mol. The van der Waals surface area contributed by atoms with Gasteiger partial charge >= 0.3 is 0 Å². The van der Waals surface area contributed by atoms with Gasteiger partial charge in [-0.2, -0.15) is 0 Å². The van der Waals surface area contributed by atoms with Gasteiger partial charge in [0.2, 0.25) is 0 Å². The van der Waals surface area contributed by atoms with Crippen molar-refractivity contribution < 1.29 is 9.84 Å². The van der Waals surface area contributed by atoms with Gasteiger partial charge in [-0.3, -0.25) is 0 Å². The molecule has 19 heavy (non-hydrogen) atoms. The second-order valence-electron chi connectivity index (χ2n) is 5.21. The Bertz CT molecular complexity index is 390. The summed E-state index contributed by atoms with van der Waals surface area (Å²) in [5, 5.41) is 9.91. The quantitative estimate of drug-likeness (QED) is 0.797. The van der Waals surface area contributed by atoms with E-state index in [-0.39, 0.29) is 6.04 Å². The summed E-state index contributed by atoms with van der Waals surface area (Å²) in [5.74, 6) is 1.22. The molecule has 0 spiro atoms. The fourth-order valence-electron chi connectivity index (χ4n) is 2.33. The molecule has 1 aromatic carbocycles. The van der Waals surface area contributed by atoms with Crippen LogP contribution in [0.2, 0.25) is 0 Å². The molecular weight excluding hydrogens is 238 g/mol. The molecule has 3 nitrogen and oxygen atoms in total. The first-order valence-electron chi connectivity index (χ1n) is 7.18.